The fraction of sp³-hybridized carbons (Fsp3) is 0.308. The zero-order chi connectivity index (χ0) is 11.0. The molecule has 0 N–H and O–H groups in total. The second-order valence-electron chi connectivity index (χ2n) is 4.21. The van der Waals surface area contributed by atoms with E-state index in [2.05, 4.69) is 17.2 Å². The first kappa shape index (κ1) is 9.91. The molecule has 2 nitrogen and oxygen atoms in total. The maximum absolute atomic E-state index is 5.95. The summed E-state index contributed by atoms with van der Waals surface area (Å²) in [5.41, 5.74) is 3.61. The van der Waals surface area contributed by atoms with E-state index < -0.39 is 0 Å². The van der Waals surface area contributed by atoms with Gasteiger partial charge in [0, 0.05) is 11.5 Å². The van der Waals surface area contributed by atoms with Crippen molar-refractivity contribution in [3.05, 3.63) is 47.8 Å². The average Bonchev–Trinajstić information content (AvgIpc) is 3.09. The Labute approximate surface area is 99.9 Å². The second kappa shape index (κ2) is 3.95. The van der Waals surface area contributed by atoms with Gasteiger partial charge in [-0.3, -0.25) is 0 Å². The van der Waals surface area contributed by atoms with Gasteiger partial charge in [-0.05, 0) is 25.0 Å². The van der Waals surface area contributed by atoms with Crippen molar-refractivity contribution >= 4 is 11.6 Å². The third-order valence-electron chi connectivity index (χ3n) is 3.00. The van der Waals surface area contributed by atoms with E-state index in [1.807, 2.05) is 29.1 Å². The molecule has 1 aliphatic carbocycles. The van der Waals surface area contributed by atoms with Gasteiger partial charge < -0.3 is 0 Å². The van der Waals surface area contributed by atoms with E-state index >= 15 is 0 Å². The SMILES string of the molecule is ClCc1cnn(-c2ccccc2)c1C1CC1. The van der Waals surface area contributed by atoms with E-state index in [4.69, 9.17) is 11.6 Å². The minimum absolute atomic E-state index is 0.554. The molecule has 0 amide bonds. The number of nitrogens with zero attached hydrogens (tertiary/aromatic N) is 2. The molecule has 0 radical (unpaired) electrons. The van der Waals surface area contributed by atoms with Gasteiger partial charge in [-0.15, -0.1) is 11.6 Å². The summed E-state index contributed by atoms with van der Waals surface area (Å²) in [7, 11) is 0. The van der Waals surface area contributed by atoms with Crippen molar-refractivity contribution in [3.63, 3.8) is 0 Å². The van der Waals surface area contributed by atoms with Crippen LogP contribution in [-0.4, -0.2) is 9.78 Å². The standard InChI is InChI=1S/C13H13ClN2/c14-8-11-9-15-16(13(11)10-6-7-10)12-4-2-1-3-5-12/h1-5,9-10H,6-8H2. The molecule has 0 aliphatic heterocycles. The molecule has 0 bridgehead atoms. The average molecular weight is 233 g/mol. The topological polar surface area (TPSA) is 17.8 Å². The van der Waals surface area contributed by atoms with Gasteiger partial charge in [0.05, 0.1) is 23.5 Å². The molecule has 1 fully saturated rings. The summed E-state index contributed by atoms with van der Waals surface area (Å²) in [4.78, 5) is 0. The lowest BCUT2D eigenvalue weighted by Crippen LogP contribution is -2.01. The molecule has 0 unspecified atom stereocenters. The molecule has 1 heterocycles. The zero-order valence-corrected chi connectivity index (χ0v) is 9.69. The van der Waals surface area contributed by atoms with Gasteiger partial charge in [0.15, 0.2) is 0 Å². The highest BCUT2D eigenvalue weighted by Crippen LogP contribution is 2.42. The van der Waals surface area contributed by atoms with Crippen LogP contribution >= 0.6 is 11.6 Å². The highest BCUT2D eigenvalue weighted by atomic mass is 35.5. The number of hydrogen-bond donors (Lipinski definition) is 0. The van der Waals surface area contributed by atoms with E-state index in [9.17, 15) is 0 Å². The van der Waals surface area contributed by atoms with Crippen LogP contribution in [0.5, 0.6) is 0 Å². The van der Waals surface area contributed by atoms with Gasteiger partial charge in [0.2, 0.25) is 0 Å². The molecule has 0 spiro atoms. The maximum atomic E-state index is 5.95. The van der Waals surface area contributed by atoms with Crippen molar-refractivity contribution in [2.24, 2.45) is 0 Å². The van der Waals surface area contributed by atoms with Crippen molar-refractivity contribution in [1.82, 2.24) is 9.78 Å². The Bertz CT molecular complexity index is 486. The number of para-hydroxylation sites is 1. The molecule has 1 aliphatic rings. The molecule has 0 saturated heterocycles. The van der Waals surface area contributed by atoms with Crippen LogP contribution < -0.4 is 0 Å². The Kier molecular flexibility index (Phi) is 2.44. The zero-order valence-electron chi connectivity index (χ0n) is 8.94. The number of aromatic nitrogens is 2. The summed E-state index contributed by atoms with van der Waals surface area (Å²) >= 11 is 5.95. The minimum Gasteiger partial charge on any atom is -0.237 e. The van der Waals surface area contributed by atoms with E-state index in [-0.39, 0.29) is 0 Å². The molecule has 2 aromatic rings. The highest BCUT2D eigenvalue weighted by Gasteiger charge is 2.30. The fourth-order valence-corrected chi connectivity index (χ4v) is 2.27. The van der Waals surface area contributed by atoms with E-state index in [0.717, 1.165) is 5.69 Å². The van der Waals surface area contributed by atoms with Crippen LogP contribution in [0.2, 0.25) is 0 Å². The van der Waals surface area contributed by atoms with Crippen LogP contribution in [-0.2, 0) is 5.88 Å². The summed E-state index contributed by atoms with van der Waals surface area (Å²) < 4.78 is 2.04. The lowest BCUT2D eigenvalue weighted by atomic mass is 10.2. The quantitative estimate of drug-likeness (QED) is 0.741. The summed E-state index contributed by atoms with van der Waals surface area (Å²) in [5, 5.41) is 4.45. The largest absolute Gasteiger partial charge is 0.237 e. The van der Waals surface area contributed by atoms with Crippen molar-refractivity contribution in [1.29, 1.82) is 0 Å². The van der Waals surface area contributed by atoms with Gasteiger partial charge in [-0.1, -0.05) is 18.2 Å². The molecule has 3 rings (SSSR count). The van der Waals surface area contributed by atoms with Crippen molar-refractivity contribution in [3.8, 4) is 5.69 Å². The Hall–Kier alpha value is -1.28. The van der Waals surface area contributed by atoms with Crippen LogP contribution in [0.15, 0.2) is 36.5 Å². The third kappa shape index (κ3) is 1.63. The number of halogens is 1. The Morgan fingerprint density at radius 3 is 2.62 bits per heavy atom. The van der Waals surface area contributed by atoms with Crippen LogP contribution in [0, 0.1) is 0 Å². The number of benzene rings is 1. The Morgan fingerprint density at radius 2 is 2.00 bits per heavy atom. The lowest BCUT2D eigenvalue weighted by molar-refractivity contribution is 0.805. The summed E-state index contributed by atoms with van der Waals surface area (Å²) in [6.07, 6.45) is 4.43. The van der Waals surface area contributed by atoms with Gasteiger partial charge >= 0.3 is 0 Å². The maximum Gasteiger partial charge on any atom is 0.0649 e. The van der Waals surface area contributed by atoms with Gasteiger partial charge in [0.1, 0.15) is 0 Å². The summed E-state index contributed by atoms with van der Waals surface area (Å²) in [5.74, 6) is 1.22. The van der Waals surface area contributed by atoms with E-state index in [1.165, 1.54) is 24.1 Å². The second-order valence-corrected chi connectivity index (χ2v) is 4.48. The van der Waals surface area contributed by atoms with Gasteiger partial charge in [0.25, 0.3) is 0 Å². The van der Waals surface area contributed by atoms with Gasteiger partial charge in [-0.25, -0.2) is 4.68 Å². The normalized spacial score (nSPS) is 15.3. The minimum atomic E-state index is 0.554. The number of hydrogen-bond acceptors (Lipinski definition) is 1. The van der Waals surface area contributed by atoms with E-state index in [0.29, 0.717) is 11.8 Å². The van der Waals surface area contributed by atoms with Crippen molar-refractivity contribution < 1.29 is 0 Å². The molecule has 0 atom stereocenters. The monoisotopic (exact) mass is 232 g/mol. The van der Waals surface area contributed by atoms with Crippen LogP contribution in [0.1, 0.15) is 30.0 Å². The Morgan fingerprint density at radius 1 is 1.25 bits per heavy atom. The van der Waals surface area contributed by atoms with Crippen LogP contribution in [0.3, 0.4) is 0 Å². The molecule has 1 saturated carbocycles. The third-order valence-corrected chi connectivity index (χ3v) is 3.28. The molecular formula is C13H13ClN2. The number of rotatable bonds is 3. The predicted molar refractivity (Wildman–Crippen MR) is 65.1 cm³/mol. The van der Waals surface area contributed by atoms with Crippen molar-refractivity contribution in [2.45, 2.75) is 24.6 Å². The smallest absolute Gasteiger partial charge is 0.0649 e. The molecule has 1 aromatic heterocycles. The highest BCUT2D eigenvalue weighted by molar-refractivity contribution is 6.17. The van der Waals surface area contributed by atoms with E-state index in [1.54, 1.807) is 0 Å². The number of alkyl halides is 1. The molecule has 16 heavy (non-hydrogen) atoms. The first-order chi connectivity index (χ1) is 7.90. The Balaban J connectivity index is 2.10. The molecular weight excluding hydrogens is 220 g/mol. The van der Waals surface area contributed by atoms with Crippen molar-refractivity contribution in [2.75, 3.05) is 0 Å². The summed E-state index contributed by atoms with van der Waals surface area (Å²) in [6, 6.07) is 10.3. The molecule has 82 valence electrons. The molecule has 3 heteroatoms. The first-order valence-electron chi connectivity index (χ1n) is 5.58. The van der Waals surface area contributed by atoms with Crippen LogP contribution in [0.4, 0.5) is 0 Å². The lowest BCUT2D eigenvalue weighted by Gasteiger charge is -2.07. The molecule has 1 aromatic carbocycles. The van der Waals surface area contributed by atoms with Crippen LogP contribution in [0.25, 0.3) is 5.69 Å². The van der Waals surface area contributed by atoms with Gasteiger partial charge in [-0.2, -0.15) is 5.10 Å². The predicted octanol–water partition coefficient (Wildman–Crippen LogP) is 3.49. The fourth-order valence-electron chi connectivity index (χ4n) is 2.06. The first-order valence-corrected chi connectivity index (χ1v) is 6.12. The summed E-state index contributed by atoms with van der Waals surface area (Å²) in [6.45, 7) is 0.